The van der Waals surface area contributed by atoms with E-state index in [9.17, 15) is 4.79 Å². The number of nitrogens with two attached hydrogens (primary N) is 1. The maximum atomic E-state index is 11.5. The summed E-state index contributed by atoms with van der Waals surface area (Å²) in [5.74, 6) is -0.191. The maximum Gasteiger partial charge on any atom is 0.253 e. The van der Waals surface area contributed by atoms with Crippen molar-refractivity contribution in [1.82, 2.24) is 5.32 Å². The van der Waals surface area contributed by atoms with Gasteiger partial charge in [-0.25, -0.2) is 0 Å². The van der Waals surface area contributed by atoms with Crippen LogP contribution in [0.15, 0.2) is 35.3 Å². The fourth-order valence-corrected chi connectivity index (χ4v) is 1.35. The quantitative estimate of drug-likeness (QED) is 0.640. The normalized spacial score (nSPS) is 9.50. The molecule has 0 atom stereocenters. The zero-order valence-electron chi connectivity index (χ0n) is 7.59. The van der Waals surface area contributed by atoms with Crippen LogP contribution in [0.3, 0.4) is 0 Å². The average Bonchev–Trinajstić information content (AvgIpc) is 2.18. The lowest BCUT2D eigenvalue weighted by Crippen LogP contribution is -2.24. The van der Waals surface area contributed by atoms with Gasteiger partial charge in [0, 0.05) is 16.7 Å². The number of rotatable bonds is 3. The molecule has 0 aliphatic carbocycles. The van der Waals surface area contributed by atoms with Crippen molar-refractivity contribution in [3.05, 3.63) is 40.9 Å². The van der Waals surface area contributed by atoms with Crippen LogP contribution in [-0.4, -0.2) is 12.5 Å². The van der Waals surface area contributed by atoms with Crippen molar-refractivity contribution in [2.45, 2.75) is 0 Å². The van der Waals surface area contributed by atoms with Gasteiger partial charge in [-0.05, 0) is 18.2 Å². The monoisotopic (exact) mass is 254 g/mol. The van der Waals surface area contributed by atoms with Crippen LogP contribution in [0.5, 0.6) is 0 Å². The highest BCUT2D eigenvalue weighted by atomic mass is 79.9. The number of amides is 1. The first-order valence-electron chi connectivity index (χ1n) is 4.09. The van der Waals surface area contributed by atoms with Crippen LogP contribution in [0.25, 0.3) is 0 Å². The zero-order valence-corrected chi connectivity index (χ0v) is 9.17. The van der Waals surface area contributed by atoms with Gasteiger partial charge in [0.1, 0.15) is 0 Å². The maximum absolute atomic E-state index is 11.5. The molecule has 0 aliphatic rings. The molecule has 0 unspecified atom stereocenters. The molecule has 4 heteroatoms. The summed E-state index contributed by atoms with van der Waals surface area (Å²) in [6, 6.07) is 5.17. The number of hydrogen-bond donors (Lipinski definition) is 2. The molecular weight excluding hydrogens is 244 g/mol. The Morgan fingerprint density at radius 3 is 3.00 bits per heavy atom. The van der Waals surface area contributed by atoms with Gasteiger partial charge in [-0.15, -0.1) is 6.58 Å². The molecule has 0 aromatic heterocycles. The van der Waals surface area contributed by atoms with Gasteiger partial charge in [0.2, 0.25) is 0 Å². The number of halogens is 1. The number of benzene rings is 1. The summed E-state index contributed by atoms with van der Waals surface area (Å²) >= 11 is 3.28. The molecule has 0 bridgehead atoms. The van der Waals surface area contributed by atoms with E-state index in [1.54, 1.807) is 24.3 Å². The Labute approximate surface area is 91.1 Å². The van der Waals surface area contributed by atoms with Crippen LogP contribution >= 0.6 is 15.9 Å². The Bertz CT molecular complexity index is 363. The molecule has 1 rings (SSSR count). The number of carbonyl (C=O) groups excluding carboxylic acids is 1. The van der Waals surface area contributed by atoms with Gasteiger partial charge in [-0.1, -0.05) is 22.0 Å². The van der Waals surface area contributed by atoms with Gasteiger partial charge in [0.05, 0.1) is 5.56 Å². The number of hydrogen-bond acceptors (Lipinski definition) is 2. The van der Waals surface area contributed by atoms with Crippen LogP contribution in [0.1, 0.15) is 10.4 Å². The van der Waals surface area contributed by atoms with E-state index in [0.29, 0.717) is 17.8 Å². The van der Waals surface area contributed by atoms with Gasteiger partial charge in [0.15, 0.2) is 0 Å². The van der Waals surface area contributed by atoms with Gasteiger partial charge in [-0.2, -0.15) is 0 Å². The van der Waals surface area contributed by atoms with Gasteiger partial charge < -0.3 is 11.1 Å². The third-order valence-electron chi connectivity index (χ3n) is 1.67. The van der Waals surface area contributed by atoms with E-state index < -0.39 is 0 Å². The Kier molecular flexibility index (Phi) is 3.71. The molecule has 3 nitrogen and oxygen atoms in total. The fraction of sp³-hybridized carbons (Fsp3) is 0.100. The molecular formula is C10H11BrN2O. The predicted octanol–water partition coefficient (Wildman–Crippen LogP) is 1.95. The number of nitrogens with one attached hydrogen (secondary N) is 1. The third-order valence-corrected chi connectivity index (χ3v) is 2.16. The second-order valence-corrected chi connectivity index (χ2v) is 3.65. The van der Waals surface area contributed by atoms with Crippen LogP contribution in [0.4, 0.5) is 5.69 Å². The summed E-state index contributed by atoms with van der Waals surface area (Å²) < 4.78 is 0.829. The highest BCUT2D eigenvalue weighted by Gasteiger charge is 2.08. The SMILES string of the molecule is C=CCNC(=O)c1cc(Br)ccc1N. The summed E-state index contributed by atoms with van der Waals surface area (Å²) in [5, 5.41) is 2.66. The van der Waals surface area contributed by atoms with E-state index in [0.717, 1.165) is 4.47 Å². The second kappa shape index (κ2) is 4.81. The van der Waals surface area contributed by atoms with Crippen LogP contribution in [-0.2, 0) is 0 Å². The minimum atomic E-state index is -0.191. The first-order valence-corrected chi connectivity index (χ1v) is 4.88. The number of anilines is 1. The smallest absolute Gasteiger partial charge is 0.253 e. The van der Waals surface area contributed by atoms with Crippen molar-refractivity contribution in [3.63, 3.8) is 0 Å². The Morgan fingerprint density at radius 2 is 2.36 bits per heavy atom. The Hall–Kier alpha value is -1.29. The predicted molar refractivity (Wildman–Crippen MR) is 61.1 cm³/mol. The molecule has 1 amide bonds. The topological polar surface area (TPSA) is 55.1 Å². The van der Waals surface area contributed by atoms with Crippen molar-refractivity contribution >= 4 is 27.5 Å². The zero-order chi connectivity index (χ0) is 10.6. The lowest BCUT2D eigenvalue weighted by atomic mass is 10.1. The molecule has 0 spiro atoms. The molecule has 0 radical (unpaired) electrons. The largest absolute Gasteiger partial charge is 0.398 e. The van der Waals surface area contributed by atoms with E-state index in [1.807, 2.05) is 0 Å². The average molecular weight is 255 g/mol. The molecule has 74 valence electrons. The summed E-state index contributed by atoms with van der Waals surface area (Å²) in [5.41, 5.74) is 6.60. The van der Waals surface area contributed by atoms with Crippen molar-refractivity contribution in [1.29, 1.82) is 0 Å². The minimum absolute atomic E-state index is 0.191. The highest BCUT2D eigenvalue weighted by molar-refractivity contribution is 9.10. The van der Waals surface area contributed by atoms with Crippen molar-refractivity contribution in [2.24, 2.45) is 0 Å². The second-order valence-electron chi connectivity index (χ2n) is 2.73. The molecule has 0 saturated heterocycles. The molecule has 0 saturated carbocycles. The van der Waals surface area contributed by atoms with Crippen LogP contribution in [0, 0.1) is 0 Å². The van der Waals surface area contributed by atoms with E-state index in [1.165, 1.54) is 0 Å². The molecule has 0 aliphatic heterocycles. The standard InChI is InChI=1S/C10H11BrN2O/c1-2-5-13-10(14)8-6-7(11)3-4-9(8)12/h2-4,6H,1,5,12H2,(H,13,14). The van der Waals surface area contributed by atoms with Crippen LogP contribution < -0.4 is 11.1 Å². The van der Waals surface area contributed by atoms with Gasteiger partial charge >= 0.3 is 0 Å². The van der Waals surface area contributed by atoms with E-state index in [4.69, 9.17) is 5.73 Å². The number of nitrogen functional groups attached to an aromatic ring is 1. The first-order chi connectivity index (χ1) is 6.65. The van der Waals surface area contributed by atoms with E-state index in [-0.39, 0.29) is 5.91 Å². The minimum Gasteiger partial charge on any atom is -0.398 e. The Morgan fingerprint density at radius 1 is 1.64 bits per heavy atom. The van der Waals surface area contributed by atoms with Gasteiger partial charge in [-0.3, -0.25) is 4.79 Å². The fourth-order valence-electron chi connectivity index (χ4n) is 0.985. The van der Waals surface area contributed by atoms with Crippen molar-refractivity contribution in [3.8, 4) is 0 Å². The number of carbonyl (C=O) groups is 1. The molecule has 0 fully saturated rings. The summed E-state index contributed by atoms with van der Waals surface area (Å²) in [6.07, 6.45) is 1.62. The van der Waals surface area contributed by atoms with E-state index >= 15 is 0 Å². The molecule has 1 aromatic rings. The van der Waals surface area contributed by atoms with Crippen LogP contribution in [0.2, 0.25) is 0 Å². The molecule has 1 aromatic carbocycles. The van der Waals surface area contributed by atoms with Gasteiger partial charge in [0.25, 0.3) is 5.91 Å². The highest BCUT2D eigenvalue weighted by Crippen LogP contribution is 2.18. The molecule has 3 N–H and O–H groups in total. The summed E-state index contributed by atoms with van der Waals surface area (Å²) in [6.45, 7) is 3.95. The first kappa shape index (κ1) is 10.8. The summed E-state index contributed by atoms with van der Waals surface area (Å²) in [4.78, 5) is 11.5. The van der Waals surface area contributed by atoms with Crippen molar-refractivity contribution in [2.75, 3.05) is 12.3 Å². The molecule has 0 heterocycles. The Balaban J connectivity index is 2.88. The lowest BCUT2D eigenvalue weighted by Gasteiger charge is -2.05. The summed E-state index contributed by atoms with van der Waals surface area (Å²) in [7, 11) is 0. The third kappa shape index (κ3) is 2.60. The van der Waals surface area contributed by atoms with Crippen molar-refractivity contribution < 1.29 is 4.79 Å². The van der Waals surface area contributed by atoms with E-state index in [2.05, 4.69) is 27.8 Å². The lowest BCUT2D eigenvalue weighted by molar-refractivity contribution is 0.0959. The molecule has 14 heavy (non-hydrogen) atoms.